The van der Waals surface area contributed by atoms with Gasteiger partial charge in [-0.3, -0.25) is 9.10 Å². The normalized spacial score (nSPS) is 11.2. The van der Waals surface area contributed by atoms with Gasteiger partial charge >= 0.3 is 5.97 Å². The Morgan fingerprint density at radius 2 is 1.92 bits per heavy atom. The highest BCUT2D eigenvalue weighted by Gasteiger charge is 2.29. The molecule has 0 heterocycles. The van der Waals surface area contributed by atoms with Crippen LogP contribution in [-0.2, 0) is 14.8 Å². The molecule has 0 bridgehead atoms. The number of nitrogens with zero attached hydrogens (tertiary/aromatic N) is 1. The van der Waals surface area contributed by atoms with Crippen molar-refractivity contribution >= 4 is 44.9 Å². The van der Waals surface area contributed by atoms with Crippen LogP contribution >= 0.6 is 23.2 Å². The number of methoxy groups -OCH3 is 1. The van der Waals surface area contributed by atoms with E-state index in [0.717, 1.165) is 0 Å². The summed E-state index contributed by atoms with van der Waals surface area (Å²) in [6, 6.07) is 8.62. The summed E-state index contributed by atoms with van der Waals surface area (Å²) >= 11 is 12.0. The first-order valence-corrected chi connectivity index (χ1v) is 9.21. The van der Waals surface area contributed by atoms with Gasteiger partial charge in [0, 0.05) is 0 Å². The maximum Gasteiger partial charge on any atom is 0.324 e. The zero-order valence-electron chi connectivity index (χ0n) is 13.4. The number of carboxylic acid groups (broad SMARTS) is 1. The van der Waals surface area contributed by atoms with Gasteiger partial charge in [-0.15, -0.1) is 0 Å². The van der Waals surface area contributed by atoms with E-state index in [1.165, 1.54) is 43.5 Å². The molecule has 0 aliphatic rings. The summed E-state index contributed by atoms with van der Waals surface area (Å²) in [6.45, 7) is 0.888. The smallest absolute Gasteiger partial charge is 0.324 e. The predicted octanol–water partition coefficient (Wildman–Crippen LogP) is 3.59. The van der Waals surface area contributed by atoms with E-state index in [1.54, 1.807) is 6.92 Å². The minimum absolute atomic E-state index is 0.00922. The largest absolute Gasteiger partial charge is 0.496 e. The highest BCUT2D eigenvalue weighted by atomic mass is 35.5. The van der Waals surface area contributed by atoms with E-state index >= 15 is 0 Å². The van der Waals surface area contributed by atoms with Crippen molar-refractivity contribution in [2.45, 2.75) is 11.8 Å². The Morgan fingerprint density at radius 1 is 1.24 bits per heavy atom. The average Bonchev–Trinajstić information content (AvgIpc) is 2.55. The minimum atomic E-state index is -4.18. The number of aryl methyl sites for hydroxylation is 1. The van der Waals surface area contributed by atoms with Crippen LogP contribution in [0.25, 0.3) is 0 Å². The van der Waals surface area contributed by atoms with Gasteiger partial charge in [0.25, 0.3) is 10.0 Å². The fourth-order valence-corrected chi connectivity index (χ4v) is 4.21. The average molecular weight is 404 g/mol. The van der Waals surface area contributed by atoms with Gasteiger partial charge in [-0.25, -0.2) is 8.42 Å². The molecule has 0 unspecified atom stereocenters. The van der Waals surface area contributed by atoms with Crippen LogP contribution in [0.3, 0.4) is 0 Å². The van der Waals surface area contributed by atoms with Gasteiger partial charge in [0.1, 0.15) is 12.3 Å². The maximum absolute atomic E-state index is 13.0. The Bertz CT molecular complexity index is 915. The van der Waals surface area contributed by atoms with E-state index in [1.807, 2.05) is 0 Å². The molecule has 134 valence electrons. The highest BCUT2D eigenvalue weighted by molar-refractivity contribution is 7.92. The molecule has 6 nitrogen and oxygen atoms in total. The fraction of sp³-hybridized carbons (Fsp3) is 0.188. The lowest BCUT2D eigenvalue weighted by Crippen LogP contribution is -2.36. The van der Waals surface area contributed by atoms with Gasteiger partial charge in [-0.2, -0.15) is 0 Å². The van der Waals surface area contributed by atoms with Crippen LogP contribution < -0.4 is 9.04 Å². The van der Waals surface area contributed by atoms with Gasteiger partial charge in [0.15, 0.2) is 0 Å². The standard InChI is InChI=1S/C16H15Cl2NO5S/c1-10-8-11(6-7-14(10)24-2)25(22,23)19(9-15(20)21)13-5-3-4-12(17)16(13)18/h3-8H,9H2,1-2H3,(H,20,21). The number of ether oxygens (including phenoxy) is 1. The van der Waals surface area contributed by atoms with Crippen molar-refractivity contribution in [3.05, 3.63) is 52.0 Å². The number of halogens is 2. The number of hydrogen-bond acceptors (Lipinski definition) is 4. The summed E-state index contributed by atoms with van der Waals surface area (Å²) < 4.78 is 31.8. The zero-order chi connectivity index (χ0) is 18.8. The summed E-state index contributed by atoms with van der Waals surface area (Å²) in [4.78, 5) is 11.1. The molecule has 0 radical (unpaired) electrons. The quantitative estimate of drug-likeness (QED) is 0.796. The molecule has 0 aromatic heterocycles. The number of benzene rings is 2. The summed E-state index contributed by atoms with van der Waals surface area (Å²) in [5, 5.41) is 9.23. The molecule has 0 aliphatic heterocycles. The molecule has 2 aromatic rings. The third-order valence-corrected chi connectivity index (χ3v) is 6.00. The van der Waals surface area contributed by atoms with Crippen molar-refractivity contribution in [2.75, 3.05) is 18.0 Å². The number of sulfonamides is 1. The van der Waals surface area contributed by atoms with E-state index in [9.17, 15) is 13.2 Å². The third-order valence-electron chi connectivity index (χ3n) is 3.43. The molecule has 0 saturated heterocycles. The van der Waals surface area contributed by atoms with Crippen molar-refractivity contribution in [3.8, 4) is 5.75 Å². The first-order chi connectivity index (χ1) is 11.7. The van der Waals surface area contributed by atoms with Gasteiger partial charge < -0.3 is 9.84 Å². The van der Waals surface area contributed by atoms with E-state index in [4.69, 9.17) is 33.0 Å². The molecule has 2 aromatic carbocycles. The van der Waals surface area contributed by atoms with Crippen molar-refractivity contribution in [3.63, 3.8) is 0 Å². The number of rotatable bonds is 6. The summed E-state index contributed by atoms with van der Waals surface area (Å²) in [6.07, 6.45) is 0. The number of anilines is 1. The topological polar surface area (TPSA) is 83.9 Å². The van der Waals surface area contributed by atoms with Crippen molar-refractivity contribution in [1.29, 1.82) is 0 Å². The summed E-state index contributed by atoms with van der Waals surface area (Å²) in [5.41, 5.74) is 0.584. The molecular weight excluding hydrogens is 389 g/mol. The molecule has 1 N–H and O–H groups in total. The van der Waals surface area contributed by atoms with Crippen LogP contribution in [0.1, 0.15) is 5.56 Å². The van der Waals surface area contributed by atoms with Crippen molar-refractivity contribution < 1.29 is 23.1 Å². The number of carboxylic acids is 1. The van der Waals surface area contributed by atoms with Crippen LogP contribution in [0.4, 0.5) is 5.69 Å². The molecule has 0 spiro atoms. The second-order valence-corrected chi connectivity index (χ2v) is 7.76. The Labute approximate surface area is 155 Å². The lowest BCUT2D eigenvalue weighted by atomic mass is 10.2. The van der Waals surface area contributed by atoms with E-state index in [2.05, 4.69) is 0 Å². The number of hydrogen-bond donors (Lipinski definition) is 1. The second-order valence-electron chi connectivity index (χ2n) is 5.11. The first-order valence-electron chi connectivity index (χ1n) is 7.01. The summed E-state index contributed by atoms with van der Waals surface area (Å²) in [7, 11) is -2.71. The fourth-order valence-electron chi connectivity index (χ4n) is 2.25. The van der Waals surface area contributed by atoms with E-state index in [-0.39, 0.29) is 20.6 Å². The zero-order valence-corrected chi connectivity index (χ0v) is 15.7. The molecule has 25 heavy (non-hydrogen) atoms. The molecule has 0 amide bonds. The van der Waals surface area contributed by atoms with Crippen molar-refractivity contribution in [1.82, 2.24) is 0 Å². The Morgan fingerprint density at radius 3 is 2.48 bits per heavy atom. The molecule has 0 saturated carbocycles. The maximum atomic E-state index is 13.0. The molecule has 0 fully saturated rings. The van der Waals surface area contributed by atoms with E-state index in [0.29, 0.717) is 15.6 Å². The molecule has 0 atom stereocenters. The van der Waals surface area contributed by atoms with Crippen LogP contribution in [0, 0.1) is 6.92 Å². The van der Waals surface area contributed by atoms with Gasteiger partial charge in [0.05, 0.1) is 27.7 Å². The second kappa shape index (κ2) is 7.51. The SMILES string of the molecule is COc1ccc(S(=O)(=O)N(CC(=O)O)c2cccc(Cl)c2Cl)cc1C. The van der Waals surface area contributed by atoms with E-state index < -0.39 is 22.5 Å². The predicted molar refractivity (Wildman–Crippen MR) is 96.4 cm³/mol. The first kappa shape index (κ1) is 19.4. The number of aliphatic carboxylic acids is 1. The Balaban J connectivity index is 2.62. The summed E-state index contributed by atoms with van der Waals surface area (Å²) in [5.74, 6) is -0.811. The van der Waals surface area contributed by atoms with Crippen molar-refractivity contribution in [2.24, 2.45) is 0 Å². The molecule has 9 heteroatoms. The lowest BCUT2D eigenvalue weighted by molar-refractivity contribution is -0.135. The Hall–Kier alpha value is -1.96. The highest BCUT2D eigenvalue weighted by Crippen LogP contribution is 2.35. The van der Waals surface area contributed by atoms with Gasteiger partial charge in [-0.1, -0.05) is 29.3 Å². The Kier molecular flexibility index (Phi) is 5.82. The monoisotopic (exact) mass is 403 g/mol. The van der Waals surface area contributed by atoms with Crippen LogP contribution in [0.2, 0.25) is 10.0 Å². The molecule has 2 rings (SSSR count). The van der Waals surface area contributed by atoms with Crippen LogP contribution in [-0.4, -0.2) is 33.1 Å². The van der Waals surface area contributed by atoms with Crippen LogP contribution in [0.5, 0.6) is 5.75 Å². The van der Waals surface area contributed by atoms with Gasteiger partial charge in [-0.05, 0) is 42.8 Å². The number of carbonyl (C=O) groups is 1. The van der Waals surface area contributed by atoms with Gasteiger partial charge in [0.2, 0.25) is 0 Å². The third kappa shape index (κ3) is 4.00. The molecular formula is C16H15Cl2NO5S. The lowest BCUT2D eigenvalue weighted by Gasteiger charge is -2.24. The molecule has 0 aliphatic carbocycles. The minimum Gasteiger partial charge on any atom is -0.496 e. The van der Waals surface area contributed by atoms with Crippen LogP contribution in [0.15, 0.2) is 41.3 Å².